The normalized spacial score (nSPS) is 16.7. The van der Waals surface area contributed by atoms with Crippen LogP contribution in [0.15, 0.2) is 18.3 Å². The molecular weight excluding hydrogens is 266 g/mol. The first-order valence-corrected chi connectivity index (χ1v) is 7.25. The molecule has 2 rings (SSSR count). The number of rotatable bonds is 3. The molecule has 0 spiro atoms. The Morgan fingerprint density at radius 2 is 2.33 bits per heavy atom. The Morgan fingerprint density at radius 1 is 1.57 bits per heavy atom. The average molecular weight is 287 g/mol. The van der Waals surface area contributed by atoms with Gasteiger partial charge in [-0.1, -0.05) is 11.8 Å². The lowest BCUT2D eigenvalue weighted by Crippen LogP contribution is -2.40. The summed E-state index contributed by atoms with van der Waals surface area (Å²) in [4.78, 5) is 16.5. The highest BCUT2D eigenvalue weighted by Crippen LogP contribution is 2.19. The van der Waals surface area contributed by atoms with E-state index >= 15 is 0 Å². The van der Waals surface area contributed by atoms with Crippen molar-refractivity contribution in [2.24, 2.45) is 11.7 Å². The molecule has 0 bridgehead atoms. The van der Waals surface area contributed by atoms with Crippen molar-refractivity contribution < 1.29 is 9.53 Å². The van der Waals surface area contributed by atoms with Crippen LogP contribution in [0.3, 0.4) is 0 Å². The molecule has 112 valence electrons. The summed E-state index contributed by atoms with van der Waals surface area (Å²) in [6.07, 6.45) is 3.55. The van der Waals surface area contributed by atoms with Gasteiger partial charge in [-0.05, 0) is 37.8 Å². The maximum atomic E-state index is 12.4. The van der Waals surface area contributed by atoms with E-state index in [1.165, 1.54) is 0 Å². The van der Waals surface area contributed by atoms with E-state index in [4.69, 9.17) is 10.5 Å². The number of hydrogen-bond donors (Lipinski definition) is 2. The van der Waals surface area contributed by atoms with Crippen molar-refractivity contribution in [1.29, 1.82) is 0 Å². The molecule has 1 atom stereocenters. The molecule has 2 heterocycles. The summed E-state index contributed by atoms with van der Waals surface area (Å²) in [6, 6.07) is 3.64. The second-order valence-corrected chi connectivity index (χ2v) is 5.12. The van der Waals surface area contributed by atoms with Gasteiger partial charge in [-0.2, -0.15) is 0 Å². The van der Waals surface area contributed by atoms with Gasteiger partial charge < -0.3 is 15.8 Å². The van der Waals surface area contributed by atoms with Gasteiger partial charge in [-0.15, -0.1) is 0 Å². The first-order chi connectivity index (χ1) is 10.2. The summed E-state index contributed by atoms with van der Waals surface area (Å²) >= 11 is 0. The molecule has 0 radical (unpaired) electrons. The van der Waals surface area contributed by atoms with E-state index in [2.05, 4.69) is 22.1 Å². The number of amides is 1. The minimum absolute atomic E-state index is 0.0960. The lowest BCUT2D eigenvalue weighted by molar-refractivity contribution is 0.0537. The van der Waals surface area contributed by atoms with E-state index in [1.807, 2.05) is 6.92 Å². The van der Waals surface area contributed by atoms with Crippen LogP contribution >= 0.6 is 0 Å². The number of carbonyl (C=O) groups excluding carboxylic acids is 1. The molecule has 5 heteroatoms. The van der Waals surface area contributed by atoms with Gasteiger partial charge in [0.15, 0.2) is 0 Å². The third kappa shape index (κ3) is 4.28. The van der Waals surface area contributed by atoms with Gasteiger partial charge in [0, 0.05) is 25.5 Å². The molecule has 1 aliphatic rings. The summed E-state index contributed by atoms with van der Waals surface area (Å²) in [5.41, 5.74) is 6.34. The topological polar surface area (TPSA) is 77.2 Å². The summed E-state index contributed by atoms with van der Waals surface area (Å²) in [7, 11) is 0. The molecule has 0 aromatic carbocycles. The maximum absolute atomic E-state index is 12.4. The fourth-order valence-corrected chi connectivity index (χ4v) is 2.44. The molecule has 1 aliphatic heterocycles. The number of hydrogen-bond acceptors (Lipinski definition) is 4. The first kappa shape index (κ1) is 15.5. The van der Waals surface area contributed by atoms with Crippen LogP contribution in [0.25, 0.3) is 0 Å². The number of nitrogens with one attached hydrogen (secondary N) is 1. The van der Waals surface area contributed by atoms with Crippen molar-refractivity contribution in [3.05, 3.63) is 29.6 Å². The zero-order valence-electron chi connectivity index (χ0n) is 12.3. The Hall–Kier alpha value is -1.90. The number of carbonyl (C=O) groups is 1. The van der Waals surface area contributed by atoms with E-state index in [-0.39, 0.29) is 18.5 Å². The molecule has 21 heavy (non-hydrogen) atoms. The summed E-state index contributed by atoms with van der Waals surface area (Å²) in [5.74, 6) is 5.91. The Balaban J connectivity index is 2.05. The fraction of sp³-hybridized carbons (Fsp3) is 0.500. The molecule has 1 unspecified atom stereocenters. The summed E-state index contributed by atoms with van der Waals surface area (Å²) < 4.78 is 5.35. The second kappa shape index (κ2) is 7.77. The molecule has 1 aromatic rings. The highest BCUT2D eigenvalue weighted by molar-refractivity contribution is 5.94. The van der Waals surface area contributed by atoms with Crippen LogP contribution in [-0.4, -0.2) is 36.7 Å². The summed E-state index contributed by atoms with van der Waals surface area (Å²) in [5, 5.41) is 3.03. The zero-order valence-corrected chi connectivity index (χ0v) is 12.3. The van der Waals surface area contributed by atoms with Gasteiger partial charge in [-0.3, -0.25) is 4.79 Å². The van der Waals surface area contributed by atoms with Crippen LogP contribution in [0.5, 0.6) is 0 Å². The molecular formula is C16H21N3O2. The SMILES string of the molecule is CC(NC(=O)c1ncccc1C#CCN)C1CCOCC1. The molecule has 1 amide bonds. The molecule has 3 N–H and O–H groups in total. The van der Waals surface area contributed by atoms with Crippen molar-refractivity contribution in [2.45, 2.75) is 25.8 Å². The number of pyridine rings is 1. The van der Waals surface area contributed by atoms with Crippen LogP contribution in [0.4, 0.5) is 0 Å². The van der Waals surface area contributed by atoms with Crippen LogP contribution < -0.4 is 11.1 Å². The Kier molecular flexibility index (Phi) is 5.73. The lowest BCUT2D eigenvalue weighted by atomic mass is 9.93. The molecule has 1 aromatic heterocycles. The molecule has 1 fully saturated rings. The Morgan fingerprint density at radius 3 is 3.05 bits per heavy atom. The van der Waals surface area contributed by atoms with Gasteiger partial charge in [0.2, 0.25) is 0 Å². The number of aromatic nitrogens is 1. The predicted octanol–water partition coefficient (Wildman–Crippen LogP) is 0.937. The molecule has 1 saturated heterocycles. The standard InChI is InChI=1S/C16H21N3O2/c1-12(13-6-10-21-11-7-13)19-16(20)15-14(4-2-8-17)5-3-9-18-15/h3,5,9,12-13H,6-8,10-11,17H2,1H3,(H,19,20). The molecule has 0 saturated carbocycles. The second-order valence-electron chi connectivity index (χ2n) is 5.12. The monoisotopic (exact) mass is 287 g/mol. The van der Waals surface area contributed by atoms with Crippen LogP contribution in [0.1, 0.15) is 35.8 Å². The van der Waals surface area contributed by atoms with Crippen LogP contribution in [0.2, 0.25) is 0 Å². The Labute approximate surface area is 125 Å². The smallest absolute Gasteiger partial charge is 0.271 e. The van der Waals surface area contributed by atoms with E-state index in [1.54, 1.807) is 18.3 Å². The zero-order chi connectivity index (χ0) is 15.1. The van der Waals surface area contributed by atoms with Gasteiger partial charge >= 0.3 is 0 Å². The van der Waals surface area contributed by atoms with Gasteiger partial charge in [0.05, 0.1) is 12.1 Å². The van der Waals surface area contributed by atoms with Gasteiger partial charge in [0.1, 0.15) is 5.69 Å². The van der Waals surface area contributed by atoms with E-state index in [0.717, 1.165) is 26.1 Å². The first-order valence-electron chi connectivity index (χ1n) is 7.25. The maximum Gasteiger partial charge on any atom is 0.271 e. The number of nitrogens with zero attached hydrogens (tertiary/aromatic N) is 1. The highest BCUT2D eigenvalue weighted by atomic mass is 16.5. The number of ether oxygens (including phenoxy) is 1. The van der Waals surface area contributed by atoms with Crippen LogP contribution in [-0.2, 0) is 4.74 Å². The van der Waals surface area contributed by atoms with Gasteiger partial charge in [0.25, 0.3) is 5.91 Å². The van der Waals surface area contributed by atoms with E-state index in [9.17, 15) is 4.79 Å². The van der Waals surface area contributed by atoms with Crippen molar-refractivity contribution in [3.63, 3.8) is 0 Å². The van der Waals surface area contributed by atoms with Crippen molar-refractivity contribution in [3.8, 4) is 11.8 Å². The van der Waals surface area contributed by atoms with Crippen molar-refractivity contribution in [1.82, 2.24) is 10.3 Å². The minimum atomic E-state index is -0.184. The fourth-order valence-electron chi connectivity index (χ4n) is 2.44. The molecule has 0 aliphatic carbocycles. The van der Waals surface area contributed by atoms with Gasteiger partial charge in [-0.25, -0.2) is 4.98 Å². The summed E-state index contributed by atoms with van der Waals surface area (Å²) in [6.45, 7) is 3.82. The number of nitrogens with two attached hydrogens (primary N) is 1. The largest absolute Gasteiger partial charge is 0.381 e. The van der Waals surface area contributed by atoms with E-state index < -0.39 is 0 Å². The van der Waals surface area contributed by atoms with Crippen molar-refractivity contribution in [2.75, 3.05) is 19.8 Å². The third-order valence-corrected chi connectivity index (χ3v) is 3.68. The quantitative estimate of drug-likeness (QED) is 0.811. The predicted molar refractivity (Wildman–Crippen MR) is 80.6 cm³/mol. The van der Waals surface area contributed by atoms with E-state index in [0.29, 0.717) is 17.2 Å². The Bertz CT molecular complexity index is 542. The van der Waals surface area contributed by atoms with Crippen LogP contribution in [0, 0.1) is 17.8 Å². The lowest BCUT2D eigenvalue weighted by Gasteiger charge is -2.28. The highest BCUT2D eigenvalue weighted by Gasteiger charge is 2.23. The minimum Gasteiger partial charge on any atom is -0.381 e. The van der Waals surface area contributed by atoms with Crippen molar-refractivity contribution >= 4 is 5.91 Å². The average Bonchev–Trinajstić information content (AvgIpc) is 2.54. The third-order valence-electron chi connectivity index (χ3n) is 3.68. The molecule has 5 nitrogen and oxygen atoms in total.